The van der Waals surface area contributed by atoms with Crippen LogP contribution in [0.1, 0.15) is 73.6 Å². The molecule has 1 heterocycles. The van der Waals surface area contributed by atoms with Gasteiger partial charge in [-0.25, -0.2) is 0 Å². The largest absolute Gasteiger partial charge is 0.371 e. The normalized spacial score (nSPS) is 22.5. The fourth-order valence-electron chi connectivity index (χ4n) is 4.51. The van der Waals surface area contributed by atoms with Crippen molar-refractivity contribution in [2.45, 2.75) is 85.4 Å². The average molecular weight is 490 g/mol. The first kappa shape index (κ1) is 29.6. The molecule has 2 unspecified atom stereocenters. The van der Waals surface area contributed by atoms with Crippen molar-refractivity contribution in [3.05, 3.63) is 0 Å². The molecule has 0 spiro atoms. The molecule has 192 valence electrons. The topological polar surface area (TPSA) is 136 Å². The van der Waals surface area contributed by atoms with Crippen molar-refractivity contribution in [1.29, 1.82) is 0 Å². The third kappa shape index (κ3) is 9.38. The van der Waals surface area contributed by atoms with Gasteiger partial charge in [0.05, 0.1) is 0 Å². The van der Waals surface area contributed by atoms with Crippen molar-refractivity contribution < 1.29 is 28.9 Å². The molecule has 0 radical (unpaired) electrons. The van der Waals surface area contributed by atoms with Crippen LogP contribution in [-0.4, -0.2) is 63.9 Å². The fraction of sp³-hybridized carbons (Fsp3) is 0.870. The number of likely N-dealkylation sites (N-methyl/N-ethyl adjacent to an activating group) is 1. The van der Waals surface area contributed by atoms with Crippen LogP contribution in [0.2, 0.25) is 0 Å². The summed E-state index contributed by atoms with van der Waals surface area (Å²) in [6.07, 6.45) is 0.676. The van der Waals surface area contributed by atoms with E-state index in [1.807, 2.05) is 41.5 Å². The van der Waals surface area contributed by atoms with Gasteiger partial charge in [-0.2, -0.15) is 0 Å². The molecule has 0 bridgehead atoms. The number of likely N-dealkylation sites (tertiary alicyclic amines) is 1. The first-order chi connectivity index (χ1) is 15.1. The van der Waals surface area contributed by atoms with Gasteiger partial charge in [-0.05, 0) is 37.0 Å². The first-order valence-corrected chi connectivity index (χ1v) is 14.0. The average Bonchev–Trinajstić information content (AvgIpc) is 2.92. The second-order valence-electron chi connectivity index (χ2n) is 10.7. The number of rotatable bonds is 13. The Labute approximate surface area is 198 Å². The van der Waals surface area contributed by atoms with Crippen LogP contribution in [0.5, 0.6) is 0 Å². The van der Waals surface area contributed by atoms with Crippen molar-refractivity contribution in [2.75, 3.05) is 19.5 Å². The molecule has 1 aliphatic rings. The summed E-state index contributed by atoms with van der Waals surface area (Å²) in [6.45, 7) is 11.6. The van der Waals surface area contributed by atoms with Crippen LogP contribution in [0.4, 0.5) is 0 Å². The quantitative estimate of drug-likeness (QED) is 0.294. The lowest BCUT2D eigenvalue weighted by molar-refractivity contribution is -0.145. The van der Waals surface area contributed by atoms with E-state index in [0.717, 1.165) is 4.90 Å². The predicted octanol–water partition coefficient (Wildman–Crippen LogP) is 2.51. The van der Waals surface area contributed by atoms with E-state index in [4.69, 9.17) is 0 Å². The van der Waals surface area contributed by atoms with Gasteiger partial charge in [-0.3, -0.25) is 18.9 Å². The minimum absolute atomic E-state index is 0.0793. The van der Waals surface area contributed by atoms with E-state index >= 15 is 0 Å². The molecule has 33 heavy (non-hydrogen) atoms. The number of carbonyl (C=O) groups excluding carboxylic acids is 3. The van der Waals surface area contributed by atoms with Crippen LogP contribution in [0.15, 0.2) is 0 Å². The summed E-state index contributed by atoms with van der Waals surface area (Å²) in [6, 6.07) is -0.730. The molecule has 0 aromatic rings. The number of nitrogens with one attached hydrogen (secondary N) is 2. The van der Waals surface area contributed by atoms with Gasteiger partial charge in [0.25, 0.3) is 0 Å². The number of aliphatic hydroxyl groups is 1. The zero-order valence-electron chi connectivity index (χ0n) is 21.3. The molecule has 0 saturated carbocycles. The summed E-state index contributed by atoms with van der Waals surface area (Å²) in [7, 11) is -2.49. The third-order valence-electron chi connectivity index (χ3n) is 5.86. The molecule has 4 N–H and O–H groups in total. The number of carbonyl (C=O) groups is 3. The minimum atomic E-state index is -3.99. The summed E-state index contributed by atoms with van der Waals surface area (Å²) in [5, 5.41) is 16.3. The molecule has 9 nitrogen and oxygen atoms in total. The van der Waals surface area contributed by atoms with Gasteiger partial charge < -0.3 is 25.5 Å². The van der Waals surface area contributed by atoms with Crippen LogP contribution in [0.25, 0.3) is 0 Å². The van der Waals surface area contributed by atoms with Crippen molar-refractivity contribution in [3.8, 4) is 0 Å². The van der Waals surface area contributed by atoms with Crippen molar-refractivity contribution in [1.82, 2.24) is 15.5 Å². The van der Waals surface area contributed by atoms with Gasteiger partial charge in [-0.1, -0.05) is 41.5 Å². The standard InChI is InChI=1S/C23H44N3O6P/c1-15(2)10-18(21(28)25-19(11-16(3)4)22(29)24-7)13-33(31,32)14-26-20(27)8-9-23(26,30)12-17(5)6/h15-19,30H,8-14H2,1-7H3,(H,24,29)(H,25,28)(H,31,32)/t18?,19-,23-/m0/s1. The Kier molecular flexibility index (Phi) is 11.0. The molecule has 1 saturated heterocycles. The lowest BCUT2D eigenvalue weighted by atomic mass is 9.96. The van der Waals surface area contributed by atoms with Crippen LogP contribution < -0.4 is 10.6 Å². The number of hydrogen-bond acceptors (Lipinski definition) is 5. The summed E-state index contributed by atoms with van der Waals surface area (Å²) in [5.41, 5.74) is -1.44. The maximum Gasteiger partial charge on any atom is 0.242 e. The zero-order valence-corrected chi connectivity index (χ0v) is 22.2. The molecule has 1 rings (SSSR count). The summed E-state index contributed by atoms with van der Waals surface area (Å²) < 4.78 is 13.2. The van der Waals surface area contributed by atoms with E-state index in [9.17, 15) is 28.9 Å². The predicted molar refractivity (Wildman–Crippen MR) is 128 cm³/mol. The summed E-state index contributed by atoms with van der Waals surface area (Å²) >= 11 is 0. The van der Waals surface area contributed by atoms with Crippen molar-refractivity contribution in [3.63, 3.8) is 0 Å². The smallest absolute Gasteiger partial charge is 0.242 e. The molecule has 4 atom stereocenters. The highest BCUT2D eigenvalue weighted by Crippen LogP contribution is 2.48. The SMILES string of the molecule is CNC(=O)[C@H](CC(C)C)NC(=O)C(CC(C)C)CP(=O)(O)CN1C(=O)CC[C@]1(O)CC(C)C. The Bertz CT molecular complexity index is 742. The highest BCUT2D eigenvalue weighted by Gasteiger charge is 2.47. The molecule has 0 aliphatic carbocycles. The number of nitrogens with zero attached hydrogens (tertiary/aromatic N) is 1. The van der Waals surface area contributed by atoms with E-state index in [0.29, 0.717) is 19.3 Å². The molecule has 0 aromatic carbocycles. The van der Waals surface area contributed by atoms with Crippen LogP contribution in [-0.2, 0) is 18.9 Å². The van der Waals surface area contributed by atoms with E-state index in [-0.39, 0.29) is 48.6 Å². The lowest BCUT2D eigenvalue weighted by Crippen LogP contribution is -2.49. The lowest BCUT2D eigenvalue weighted by Gasteiger charge is -2.36. The maximum atomic E-state index is 13.2. The van der Waals surface area contributed by atoms with Gasteiger partial charge >= 0.3 is 0 Å². The first-order valence-electron chi connectivity index (χ1n) is 12.0. The van der Waals surface area contributed by atoms with Crippen LogP contribution in [0, 0.1) is 23.7 Å². The molecule has 1 aliphatic heterocycles. The molecule has 1 fully saturated rings. The van der Waals surface area contributed by atoms with E-state index in [1.165, 1.54) is 7.05 Å². The molecular formula is C23H44N3O6P. The van der Waals surface area contributed by atoms with Gasteiger partial charge in [0.2, 0.25) is 25.1 Å². The van der Waals surface area contributed by atoms with Gasteiger partial charge in [0, 0.05) is 32.0 Å². The number of hydrogen-bond donors (Lipinski definition) is 4. The van der Waals surface area contributed by atoms with E-state index in [2.05, 4.69) is 10.6 Å². The van der Waals surface area contributed by atoms with Crippen molar-refractivity contribution >= 4 is 25.1 Å². The highest BCUT2D eigenvalue weighted by molar-refractivity contribution is 7.58. The molecular weight excluding hydrogens is 445 g/mol. The summed E-state index contributed by atoms with van der Waals surface area (Å²) in [5.74, 6) is -1.56. The monoisotopic (exact) mass is 489 g/mol. The molecule has 10 heteroatoms. The molecule has 0 aromatic heterocycles. The summed E-state index contributed by atoms with van der Waals surface area (Å²) in [4.78, 5) is 49.7. The van der Waals surface area contributed by atoms with Gasteiger partial charge in [0.15, 0.2) is 0 Å². The van der Waals surface area contributed by atoms with Crippen LogP contribution >= 0.6 is 7.37 Å². The second-order valence-corrected chi connectivity index (χ2v) is 13.0. The Balaban J connectivity index is 3.03. The van der Waals surface area contributed by atoms with E-state index < -0.39 is 37.2 Å². The van der Waals surface area contributed by atoms with Gasteiger partial charge in [0.1, 0.15) is 18.1 Å². The van der Waals surface area contributed by atoms with E-state index in [1.54, 1.807) is 0 Å². The van der Waals surface area contributed by atoms with Gasteiger partial charge in [-0.15, -0.1) is 0 Å². The van der Waals surface area contributed by atoms with Crippen molar-refractivity contribution in [2.24, 2.45) is 23.7 Å². The number of amides is 3. The second kappa shape index (κ2) is 12.3. The Morgan fingerprint density at radius 2 is 1.64 bits per heavy atom. The zero-order chi connectivity index (χ0) is 25.6. The minimum Gasteiger partial charge on any atom is -0.371 e. The Morgan fingerprint density at radius 1 is 1.06 bits per heavy atom. The highest BCUT2D eigenvalue weighted by atomic mass is 31.2. The fourth-order valence-corrected chi connectivity index (χ4v) is 6.49. The van der Waals surface area contributed by atoms with Crippen LogP contribution in [0.3, 0.4) is 0 Å². The maximum absolute atomic E-state index is 13.2. The Hall–Kier alpha value is -1.44. The Morgan fingerprint density at radius 3 is 2.12 bits per heavy atom. The third-order valence-corrected chi connectivity index (χ3v) is 7.60. The molecule has 3 amide bonds.